The molecule has 0 spiro atoms. The van der Waals surface area contributed by atoms with Crippen LogP contribution in [0.2, 0.25) is 0 Å². The van der Waals surface area contributed by atoms with E-state index in [0.717, 1.165) is 18.4 Å². The van der Waals surface area contributed by atoms with Crippen molar-refractivity contribution < 1.29 is 14.3 Å². The van der Waals surface area contributed by atoms with Gasteiger partial charge in [-0.15, -0.1) is 0 Å². The van der Waals surface area contributed by atoms with Gasteiger partial charge in [-0.25, -0.2) is 9.18 Å². The summed E-state index contributed by atoms with van der Waals surface area (Å²) >= 11 is 0. The van der Waals surface area contributed by atoms with Crippen molar-refractivity contribution in [3.63, 3.8) is 0 Å². The minimum atomic E-state index is -0.905. The van der Waals surface area contributed by atoms with Gasteiger partial charge in [-0.3, -0.25) is 0 Å². The molecule has 3 heteroatoms. The van der Waals surface area contributed by atoms with Crippen LogP contribution < -0.4 is 0 Å². The fraction of sp³-hybridized carbons (Fsp3) is 0.308. The van der Waals surface area contributed by atoms with Crippen LogP contribution in [0.1, 0.15) is 31.7 Å². The largest absolute Gasteiger partial charge is 0.478 e. The van der Waals surface area contributed by atoms with Crippen molar-refractivity contribution in [3.8, 4) is 0 Å². The van der Waals surface area contributed by atoms with Gasteiger partial charge in [0.05, 0.1) is 0 Å². The van der Waals surface area contributed by atoms with Crippen LogP contribution in [0.3, 0.4) is 0 Å². The monoisotopic (exact) mass is 222 g/mol. The molecule has 0 heterocycles. The predicted octanol–water partition coefficient (Wildman–Crippen LogP) is 3.48. The molecular weight excluding hydrogens is 207 g/mol. The van der Waals surface area contributed by atoms with Crippen molar-refractivity contribution in [1.82, 2.24) is 0 Å². The first kappa shape index (κ1) is 12.4. The zero-order chi connectivity index (χ0) is 12.0. The number of hydrogen-bond acceptors (Lipinski definition) is 1. The molecule has 0 atom stereocenters. The molecule has 0 bridgehead atoms. The predicted molar refractivity (Wildman–Crippen MR) is 61.5 cm³/mol. The van der Waals surface area contributed by atoms with Gasteiger partial charge in [-0.1, -0.05) is 25.5 Å². The molecule has 0 aromatic heterocycles. The lowest BCUT2D eigenvalue weighted by atomic mass is 10.1. The molecule has 0 amide bonds. The molecule has 0 unspecified atom stereocenters. The number of hydrogen-bond donors (Lipinski definition) is 1. The van der Waals surface area contributed by atoms with Crippen molar-refractivity contribution in [2.24, 2.45) is 0 Å². The quantitative estimate of drug-likeness (QED) is 0.774. The van der Waals surface area contributed by atoms with Gasteiger partial charge >= 0.3 is 5.97 Å². The van der Waals surface area contributed by atoms with E-state index in [9.17, 15) is 9.18 Å². The van der Waals surface area contributed by atoms with Crippen molar-refractivity contribution in [2.45, 2.75) is 26.2 Å². The SMILES string of the molecule is CCCCC(=Cc1ccc(F)cc1)C(=O)O. The van der Waals surface area contributed by atoms with Crippen LogP contribution in [0.15, 0.2) is 29.8 Å². The molecule has 1 N–H and O–H groups in total. The summed E-state index contributed by atoms with van der Waals surface area (Å²) in [5.41, 5.74) is 1.09. The van der Waals surface area contributed by atoms with E-state index in [2.05, 4.69) is 0 Å². The lowest BCUT2D eigenvalue weighted by Crippen LogP contribution is -2.00. The van der Waals surface area contributed by atoms with E-state index in [-0.39, 0.29) is 5.82 Å². The highest BCUT2D eigenvalue weighted by atomic mass is 19.1. The first-order valence-corrected chi connectivity index (χ1v) is 5.33. The van der Waals surface area contributed by atoms with Gasteiger partial charge in [0, 0.05) is 5.57 Å². The van der Waals surface area contributed by atoms with Crippen LogP contribution >= 0.6 is 0 Å². The van der Waals surface area contributed by atoms with Crippen LogP contribution in [0, 0.1) is 5.82 Å². The van der Waals surface area contributed by atoms with Gasteiger partial charge in [-0.05, 0) is 36.6 Å². The second kappa shape index (κ2) is 6.05. The number of unbranched alkanes of at least 4 members (excludes halogenated alkanes) is 1. The zero-order valence-corrected chi connectivity index (χ0v) is 9.24. The first-order valence-electron chi connectivity index (χ1n) is 5.33. The molecule has 1 rings (SSSR count). The van der Waals surface area contributed by atoms with E-state index in [1.54, 1.807) is 18.2 Å². The number of carbonyl (C=O) groups is 1. The Bertz CT molecular complexity index is 379. The molecule has 0 saturated heterocycles. The average Bonchev–Trinajstić information content (AvgIpc) is 2.26. The summed E-state index contributed by atoms with van der Waals surface area (Å²) in [5.74, 6) is -1.22. The number of rotatable bonds is 5. The van der Waals surface area contributed by atoms with Crippen molar-refractivity contribution in [3.05, 3.63) is 41.2 Å². The second-order valence-corrected chi connectivity index (χ2v) is 3.63. The summed E-state index contributed by atoms with van der Waals surface area (Å²) in [6.07, 6.45) is 3.94. The third kappa shape index (κ3) is 3.85. The summed E-state index contributed by atoms with van der Waals surface area (Å²) in [5, 5.41) is 8.97. The van der Waals surface area contributed by atoms with E-state index in [1.165, 1.54) is 12.1 Å². The highest BCUT2D eigenvalue weighted by Gasteiger charge is 2.06. The maximum atomic E-state index is 12.6. The van der Waals surface area contributed by atoms with Gasteiger partial charge in [0.25, 0.3) is 0 Å². The van der Waals surface area contributed by atoms with Crippen LogP contribution in [-0.2, 0) is 4.79 Å². The standard InChI is InChI=1S/C13H15FO2/c1-2-3-4-11(13(15)16)9-10-5-7-12(14)8-6-10/h5-9H,2-4H2,1H3,(H,15,16). The molecule has 1 aromatic rings. The lowest BCUT2D eigenvalue weighted by Gasteiger charge is -2.01. The molecule has 0 saturated carbocycles. The number of carboxylic acids is 1. The Balaban J connectivity index is 2.84. The summed E-state index contributed by atoms with van der Waals surface area (Å²) in [6, 6.07) is 5.80. The Morgan fingerprint density at radius 3 is 2.50 bits per heavy atom. The average molecular weight is 222 g/mol. The van der Waals surface area contributed by atoms with Gasteiger partial charge in [0.2, 0.25) is 0 Å². The highest BCUT2D eigenvalue weighted by molar-refractivity contribution is 5.92. The smallest absolute Gasteiger partial charge is 0.331 e. The Hall–Kier alpha value is -1.64. The summed E-state index contributed by atoms with van der Waals surface area (Å²) in [4.78, 5) is 10.9. The molecule has 0 aliphatic rings. The Morgan fingerprint density at radius 1 is 1.38 bits per heavy atom. The molecule has 0 radical (unpaired) electrons. The number of carboxylic acid groups (broad SMARTS) is 1. The van der Waals surface area contributed by atoms with E-state index in [1.807, 2.05) is 6.92 Å². The fourth-order valence-corrected chi connectivity index (χ4v) is 1.37. The topological polar surface area (TPSA) is 37.3 Å². The van der Waals surface area contributed by atoms with Gasteiger partial charge in [0.1, 0.15) is 5.82 Å². The highest BCUT2D eigenvalue weighted by Crippen LogP contribution is 2.13. The Labute approximate surface area is 94.4 Å². The van der Waals surface area contributed by atoms with Crippen molar-refractivity contribution >= 4 is 12.0 Å². The second-order valence-electron chi connectivity index (χ2n) is 3.63. The van der Waals surface area contributed by atoms with E-state index in [4.69, 9.17) is 5.11 Å². The summed E-state index contributed by atoms with van der Waals surface area (Å²) < 4.78 is 12.6. The number of halogens is 1. The minimum absolute atomic E-state index is 0.317. The van der Waals surface area contributed by atoms with Crippen LogP contribution in [0.4, 0.5) is 4.39 Å². The van der Waals surface area contributed by atoms with Gasteiger partial charge in [-0.2, -0.15) is 0 Å². The molecule has 2 nitrogen and oxygen atoms in total. The maximum absolute atomic E-state index is 12.6. The van der Waals surface area contributed by atoms with Gasteiger partial charge < -0.3 is 5.11 Å². The normalized spacial score (nSPS) is 11.5. The summed E-state index contributed by atoms with van der Waals surface area (Å²) in [7, 11) is 0. The molecule has 1 aromatic carbocycles. The molecule has 86 valence electrons. The molecule has 0 fully saturated rings. The van der Waals surface area contributed by atoms with E-state index >= 15 is 0 Å². The zero-order valence-electron chi connectivity index (χ0n) is 9.24. The van der Waals surface area contributed by atoms with E-state index in [0.29, 0.717) is 12.0 Å². The number of benzene rings is 1. The van der Waals surface area contributed by atoms with Crippen LogP contribution in [-0.4, -0.2) is 11.1 Å². The third-order valence-electron chi connectivity index (χ3n) is 2.29. The van der Waals surface area contributed by atoms with Crippen LogP contribution in [0.25, 0.3) is 6.08 Å². The molecular formula is C13H15FO2. The van der Waals surface area contributed by atoms with E-state index < -0.39 is 5.97 Å². The lowest BCUT2D eigenvalue weighted by molar-refractivity contribution is -0.132. The van der Waals surface area contributed by atoms with Crippen LogP contribution in [0.5, 0.6) is 0 Å². The minimum Gasteiger partial charge on any atom is -0.478 e. The summed E-state index contributed by atoms with van der Waals surface area (Å²) in [6.45, 7) is 2.01. The Kier molecular flexibility index (Phi) is 4.70. The van der Waals surface area contributed by atoms with Gasteiger partial charge in [0.15, 0.2) is 0 Å². The maximum Gasteiger partial charge on any atom is 0.331 e. The molecule has 16 heavy (non-hydrogen) atoms. The fourth-order valence-electron chi connectivity index (χ4n) is 1.37. The third-order valence-corrected chi connectivity index (χ3v) is 2.29. The van der Waals surface area contributed by atoms with Crippen molar-refractivity contribution in [1.29, 1.82) is 0 Å². The number of aliphatic carboxylic acids is 1. The first-order chi connectivity index (χ1) is 7.63. The van der Waals surface area contributed by atoms with Crippen molar-refractivity contribution in [2.75, 3.05) is 0 Å². The Morgan fingerprint density at radius 2 is 2.00 bits per heavy atom. The molecule has 0 aliphatic heterocycles. The molecule has 0 aliphatic carbocycles.